The molecule has 0 aliphatic carbocycles. The van der Waals surface area contributed by atoms with E-state index < -0.39 is 0 Å². The van der Waals surface area contributed by atoms with E-state index in [1.807, 2.05) is 13.8 Å². The fourth-order valence-electron chi connectivity index (χ4n) is 1.69. The standard InChI is InChI=1S/C8H13N5/c1-6(2)13-5-7(11-12-10)3-8(13)4-9/h6-8H,3,5H2,1-2H3/t7-,8-/m0/s1. The van der Waals surface area contributed by atoms with E-state index in [9.17, 15) is 0 Å². The van der Waals surface area contributed by atoms with Crippen molar-refractivity contribution in [2.45, 2.75) is 38.4 Å². The SMILES string of the molecule is CC(C)N1C[C@@H](N=[N+]=[N-])C[C@H]1C#N. The fourth-order valence-corrected chi connectivity index (χ4v) is 1.69. The smallest absolute Gasteiger partial charge is 0.0984 e. The molecule has 0 saturated carbocycles. The first-order valence-electron chi connectivity index (χ1n) is 4.38. The van der Waals surface area contributed by atoms with Crippen molar-refractivity contribution in [2.75, 3.05) is 6.54 Å². The molecule has 1 rings (SSSR count). The Balaban J connectivity index is 2.67. The highest BCUT2D eigenvalue weighted by Crippen LogP contribution is 2.22. The monoisotopic (exact) mass is 179 g/mol. The van der Waals surface area contributed by atoms with Crippen LogP contribution in [-0.4, -0.2) is 29.6 Å². The molecule has 70 valence electrons. The molecule has 5 nitrogen and oxygen atoms in total. The molecule has 1 fully saturated rings. The summed E-state index contributed by atoms with van der Waals surface area (Å²) in [6.07, 6.45) is 0.665. The minimum Gasteiger partial charge on any atom is -0.285 e. The number of likely N-dealkylation sites (tertiary alicyclic amines) is 1. The quantitative estimate of drug-likeness (QED) is 0.367. The summed E-state index contributed by atoms with van der Waals surface area (Å²) >= 11 is 0. The Kier molecular flexibility index (Phi) is 3.13. The van der Waals surface area contributed by atoms with E-state index in [1.165, 1.54) is 0 Å². The van der Waals surface area contributed by atoms with Gasteiger partial charge in [0.15, 0.2) is 0 Å². The van der Waals surface area contributed by atoms with Crippen LogP contribution in [0.4, 0.5) is 0 Å². The molecule has 1 aliphatic rings. The number of hydrogen-bond acceptors (Lipinski definition) is 3. The molecule has 0 spiro atoms. The van der Waals surface area contributed by atoms with Gasteiger partial charge in [-0.1, -0.05) is 5.11 Å². The first kappa shape index (κ1) is 9.85. The van der Waals surface area contributed by atoms with Crippen molar-refractivity contribution in [3.05, 3.63) is 10.4 Å². The number of nitrogens with zero attached hydrogens (tertiary/aromatic N) is 5. The van der Waals surface area contributed by atoms with Crippen LogP contribution in [-0.2, 0) is 0 Å². The van der Waals surface area contributed by atoms with E-state index in [0.717, 1.165) is 0 Å². The molecule has 1 aliphatic heterocycles. The molecule has 0 N–H and O–H groups in total. The summed E-state index contributed by atoms with van der Waals surface area (Å²) in [5.74, 6) is 0. The minimum absolute atomic E-state index is 0.0305. The minimum atomic E-state index is -0.0875. The van der Waals surface area contributed by atoms with Crippen LogP contribution in [0.2, 0.25) is 0 Å². The third-order valence-electron chi connectivity index (χ3n) is 2.34. The van der Waals surface area contributed by atoms with Crippen molar-refractivity contribution >= 4 is 0 Å². The van der Waals surface area contributed by atoms with Crippen molar-refractivity contribution in [2.24, 2.45) is 5.11 Å². The number of nitriles is 1. The van der Waals surface area contributed by atoms with Gasteiger partial charge >= 0.3 is 0 Å². The molecule has 0 bridgehead atoms. The van der Waals surface area contributed by atoms with Gasteiger partial charge in [-0.2, -0.15) is 5.26 Å². The number of hydrogen-bond donors (Lipinski definition) is 0. The van der Waals surface area contributed by atoms with Crippen LogP contribution in [0.5, 0.6) is 0 Å². The van der Waals surface area contributed by atoms with Gasteiger partial charge in [0.25, 0.3) is 0 Å². The van der Waals surface area contributed by atoms with Crippen LogP contribution in [0.3, 0.4) is 0 Å². The van der Waals surface area contributed by atoms with Gasteiger partial charge in [0, 0.05) is 17.5 Å². The van der Waals surface area contributed by atoms with E-state index in [0.29, 0.717) is 19.0 Å². The van der Waals surface area contributed by atoms with Gasteiger partial charge < -0.3 is 0 Å². The van der Waals surface area contributed by atoms with Gasteiger partial charge in [-0.3, -0.25) is 4.90 Å². The Morgan fingerprint density at radius 1 is 1.69 bits per heavy atom. The largest absolute Gasteiger partial charge is 0.285 e. The molecule has 0 amide bonds. The van der Waals surface area contributed by atoms with Crippen molar-refractivity contribution in [1.82, 2.24) is 4.90 Å². The second-order valence-corrected chi connectivity index (χ2v) is 3.53. The Labute approximate surface area is 77.6 Å². The summed E-state index contributed by atoms with van der Waals surface area (Å²) in [4.78, 5) is 4.84. The topological polar surface area (TPSA) is 75.8 Å². The van der Waals surface area contributed by atoms with Crippen LogP contribution in [0.15, 0.2) is 5.11 Å². The Morgan fingerprint density at radius 3 is 2.77 bits per heavy atom. The Hall–Kier alpha value is -1.24. The molecule has 0 aromatic heterocycles. The Morgan fingerprint density at radius 2 is 2.38 bits per heavy atom. The lowest BCUT2D eigenvalue weighted by Gasteiger charge is -2.23. The molecule has 5 heteroatoms. The lowest BCUT2D eigenvalue weighted by molar-refractivity contribution is 0.236. The second kappa shape index (κ2) is 4.13. The predicted molar refractivity (Wildman–Crippen MR) is 48.8 cm³/mol. The maximum absolute atomic E-state index is 8.84. The summed E-state index contributed by atoms with van der Waals surface area (Å²) in [6.45, 7) is 4.80. The lowest BCUT2D eigenvalue weighted by Crippen LogP contribution is -2.34. The normalized spacial score (nSPS) is 28.5. The molecular weight excluding hydrogens is 166 g/mol. The van der Waals surface area contributed by atoms with Gasteiger partial charge in [0.2, 0.25) is 0 Å². The summed E-state index contributed by atoms with van der Waals surface area (Å²) in [5, 5.41) is 12.5. The number of azide groups is 1. The van der Waals surface area contributed by atoms with E-state index in [2.05, 4.69) is 21.0 Å². The average molecular weight is 179 g/mol. The van der Waals surface area contributed by atoms with Crippen molar-refractivity contribution in [3.63, 3.8) is 0 Å². The molecule has 0 aromatic carbocycles. The number of rotatable bonds is 2. The average Bonchev–Trinajstić information content (AvgIpc) is 2.48. The van der Waals surface area contributed by atoms with E-state index in [-0.39, 0.29) is 12.1 Å². The van der Waals surface area contributed by atoms with Crippen LogP contribution in [0.1, 0.15) is 20.3 Å². The van der Waals surface area contributed by atoms with Crippen LogP contribution in [0, 0.1) is 11.3 Å². The predicted octanol–water partition coefficient (Wildman–Crippen LogP) is 1.67. The zero-order chi connectivity index (χ0) is 9.84. The third kappa shape index (κ3) is 2.11. The first-order valence-corrected chi connectivity index (χ1v) is 4.38. The fraction of sp³-hybridized carbons (Fsp3) is 0.875. The van der Waals surface area contributed by atoms with Crippen molar-refractivity contribution in [3.8, 4) is 6.07 Å². The molecule has 0 radical (unpaired) electrons. The van der Waals surface area contributed by atoms with E-state index in [4.69, 9.17) is 10.8 Å². The maximum atomic E-state index is 8.84. The van der Waals surface area contributed by atoms with Crippen molar-refractivity contribution in [1.29, 1.82) is 5.26 Å². The van der Waals surface area contributed by atoms with Crippen LogP contribution in [0.25, 0.3) is 10.4 Å². The summed E-state index contributed by atoms with van der Waals surface area (Å²) in [7, 11) is 0. The molecule has 0 unspecified atom stereocenters. The van der Waals surface area contributed by atoms with Gasteiger partial charge in [-0.25, -0.2) is 0 Å². The van der Waals surface area contributed by atoms with Crippen LogP contribution >= 0.6 is 0 Å². The van der Waals surface area contributed by atoms with Gasteiger partial charge in [-0.15, -0.1) is 0 Å². The van der Waals surface area contributed by atoms with Gasteiger partial charge in [0.05, 0.1) is 18.2 Å². The second-order valence-electron chi connectivity index (χ2n) is 3.53. The van der Waals surface area contributed by atoms with E-state index >= 15 is 0 Å². The highest BCUT2D eigenvalue weighted by molar-refractivity contribution is 5.02. The highest BCUT2D eigenvalue weighted by atomic mass is 15.3. The highest BCUT2D eigenvalue weighted by Gasteiger charge is 2.32. The molecule has 0 aromatic rings. The Bertz CT molecular complexity index is 260. The summed E-state index contributed by atoms with van der Waals surface area (Å²) in [6, 6.07) is 2.44. The molecule has 2 atom stereocenters. The third-order valence-corrected chi connectivity index (χ3v) is 2.34. The molecular formula is C8H13N5. The van der Waals surface area contributed by atoms with E-state index in [1.54, 1.807) is 0 Å². The molecule has 1 saturated heterocycles. The summed E-state index contributed by atoms with van der Waals surface area (Å²) in [5.41, 5.74) is 8.27. The summed E-state index contributed by atoms with van der Waals surface area (Å²) < 4.78 is 0. The first-order chi connectivity index (χ1) is 6.19. The van der Waals surface area contributed by atoms with Crippen LogP contribution < -0.4 is 0 Å². The van der Waals surface area contributed by atoms with Gasteiger partial charge in [-0.05, 0) is 25.8 Å². The van der Waals surface area contributed by atoms with Crippen molar-refractivity contribution < 1.29 is 0 Å². The molecule has 1 heterocycles. The molecule has 13 heavy (non-hydrogen) atoms. The van der Waals surface area contributed by atoms with Gasteiger partial charge in [0.1, 0.15) is 0 Å². The zero-order valence-electron chi connectivity index (χ0n) is 7.88. The zero-order valence-corrected chi connectivity index (χ0v) is 7.88. The maximum Gasteiger partial charge on any atom is 0.0984 e. The lowest BCUT2D eigenvalue weighted by atomic mass is 10.2.